The highest BCUT2D eigenvalue weighted by Gasteiger charge is 2.36. The van der Waals surface area contributed by atoms with Gasteiger partial charge in [0, 0.05) is 0 Å². The summed E-state index contributed by atoms with van der Waals surface area (Å²) < 4.78 is -1.38. The normalized spacial score (nSPS) is 11.3. The number of nitrogens with zero attached hydrogens (tertiary/aromatic N) is 3. The van der Waals surface area contributed by atoms with E-state index in [9.17, 15) is 4.79 Å². The molecule has 0 bridgehead atoms. The van der Waals surface area contributed by atoms with Crippen molar-refractivity contribution in [2.75, 3.05) is 11.5 Å². The van der Waals surface area contributed by atoms with Crippen LogP contribution in [0.25, 0.3) is 0 Å². The molecule has 0 spiro atoms. The van der Waals surface area contributed by atoms with Crippen molar-refractivity contribution in [1.29, 1.82) is 0 Å². The fourth-order valence-corrected chi connectivity index (χ4v) is 1.01. The Kier molecular flexibility index (Phi) is 2.90. The Morgan fingerprint density at radius 1 is 1.14 bits per heavy atom. The monoisotopic (exact) mass is 324 g/mol. The molecule has 1 aromatic heterocycles. The maximum atomic E-state index is 11.0. The molecule has 1 heterocycles. The summed E-state index contributed by atoms with van der Waals surface area (Å²) in [4.78, 5) is 22.0. The summed E-state index contributed by atoms with van der Waals surface area (Å²) in [5.74, 6) is -0.883. The summed E-state index contributed by atoms with van der Waals surface area (Å²) in [5, 5.41) is 0. The van der Waals surface area contributed by atoms with Gasteiger partial charge in [-0.25, -0.2) is 0 Å². The molecule has 76 valence electrons. The molecule has 0 aromatic carbocycles. The third-order valence-electron chi connectivity index (χ3n) is 1.26. The lowest BCUT2D eigenvalue weighted by Crippen LogP contribution is -2.32. The van der Waals surface area contributed by atoms with Gasteiger partial charge < -0.3 is 17.2 Å². The first kappa shape index (κ1) is 11.1. The van der Waals surface area contributed by atoms with Crippen molar-refractivity contribution >= 4 is 49.7 Å². The fourth-order valence-electron chi connectivity index (χ4n) is 0.660. The third-order valence-corrected chi connectivity index (χ3v) is 2.75. The van der Waals surface area contributed by atoms with E-state index in [0.717, 1.165) is 0 Å². The summed E-state index contributed by atoms with van der Waals surface area (Å²) >= 11 is 6.00. The van der Waals surface area contributed by atoms with E-state index < -0.39 is 9.14 Å². The maximum absolute atomic E-state index is 11.0. The number of hydrogen-bond donors (Lipinski definition) is 3. The van der Waals surface area contributed by atoms with Crippen LogP contribution in [0.15, 0.2) is 0 Å². The van der Waals surface area contributed by atoms with Gasteiger partial charge in [-0.1, -0.05) is 31.9 Å². The van der Waals surface area contributed by atoms with Crippen LogP contribution < -0.4 is 17.2 Å². The average molecular weight is 326 g/mol. The van der Waals surface area contributed by atoms with Gasteiger partial charge in [0.2, 0.25) is 15.1 Å². The quantitative estimate of drug-likeness (QED) is 0.625. The van der Waals surface area contributed by atoms with Gasteiger partial charge in [0.05, 0.1) is 0 Å². The van der Waals surface area contributed by atoms with Crippen molar-refractivity contribution in [3.63, 3.8) is 0 Å². The number of amides is 1. The Balaban J connectivity index is 3.25. The van der Waals surface area contributed by atoms with E-state index in [1.54, 1.807) is 0 Å². The first-order valence-electron chi connectivity index (χ1n) is 3.29. The molecule has 14 heavy (non-hydrogen) atoms. The second kappa shape index (κ2) is 3.65. The number of aromatic nitrogens is 3. The van der Waals surface area contributed by atoms with Crippen LogP contribution in [0, 0.1) is 0 Å². The van der Waals surface area contributed by atoms with E-state index in [1.807, 2.05) is 0 Å². The molecule has 0 aliphatic carbocycles. The van der Waals surface area contributed by atoms with E-state index in [1.165, 1.54) is 0 Å². The number of nitrogen functional groups attached to an aromatic ring is 2. The third kappa shape index (κ3) is 2.10. The van der Waals surface area contributed by atoms with E-state index in [-0.39, 0.29) is 17.7 Å². The van der Waals surface area contributed by atoms with Gasteiger partial charge in [-0.15, -0.1) is 0 Å². The topological polar surface area (TPSA) is 134 Å². The van der Waals surface area contributed by atoms with Gasteiger partial charge in [0.15, 0.2) is 5.82 Å². The first-order valence-corrected chi connectivity index (χ1v) is 4.88. The smallest absolute Gasteiger partial charge is 0.253 e. The van der Waals surface area contributed by atoms with Crippen LogP contribution in [0.5, 0.6) is 0 Å². The van der Waals surface area contributed by atoms with Crippen molar-refractivity contribution in [2.45, 2.75) is 3.23 Å². The van der Waals surface area contributed by atoms with Crippen molar-refractivity contribution in [1.82, 2.24) is 15.0 Å². The molecule has 7 nitrogen and oxygen atoms in total. The fraction of sp³-hybridized carbons (Fsp3) is 0.200. The largest absolute Gasteiger partial charge is 0.368 e. The molecule has 0 saturated carbocycles. The second-order valence-corrected chi connectivity index (χ2v) is 5.76. The zero-order chi connectivity index (χ0) is 10.9. The number of carbonyl (C=O) groups is 1. The van der Waals surface area contributed by atoms with E-state index >= 15 is 0 Å². The number of hydrogen-bond acceptors (Lipinski definition) is 6. The summed E-state index contributed by atoms with van der Waals surface area (Å²) in [7, 11) is 0. The predicted molar refractivity (Wildman–Crippen MR) is 57.4 cm³/mol. The number of carbonyl (C=O) groups excluding carboxylic acids is 1. The minimum absolute atomic E-state index is 0.00926. The average Bonchev–Trinajstić information content (AvgIpc) is 2.01. The van der Waals surface area contributed by atoms with Crippen molar-refractivity contribution in [3.8, 4) is 0 Å². The molecule has 0 atom stereocenters. The molecule has 1 rings (SSSR count). The van der Waals surface area contributed by atoms with E-state index in [2.05, 4.69) is 46.8 Å². The van der Waals surface area contributed by atoms with Crippen LogP contribution in [-0.2, 0) is 8.03 Å². The van der Waals surface area contributed by atoms with Gasteiger partial charge in [-0.05, 0) is 0 Å². The molecular weight excluding hydrogens is 320 g/mol. The Morgan fingerprint density at radius 2 is 1.57 bits per heavy atom. The first-order chi connectivity index (χ1) is 6.34. The Hall–Kier alpha value is -0.960. The molecule has 0 saturated heterocycles. The zero-order valence-electron chi connectivity index (χ0n) is 6.74. The van der Waals surface area contributed by atoms with E-state index in [4.69, 9.17) is 17.2 Å². The lowest BCUT2D eigenvalue weighted by molar-refractivity contribution is -0.118. The highest BCUT2D eigenvalue weighted by atomic mass is 79.9. The van der Waals surface area contributed by atoms with Crippen LogP contribution in [-0.4, -0.2) is 20.9 Å². The highest BCUT2D eigenvalue weighted by molar-refractivity contribution is 9.25. The standard InChI is InChI=1S/C5H6Br2N6O/c6-5(7,1(8)14)2-11-3(9)13-4(10)12-2/h(H2,8,14)(H4,9,10,11,12,13). The van der Waals surface area contributed by atoms with Gasteiger partial charge in [-0.2, -0.15) is 15.0 Å². The summed E-state index contributed by atoms with van der Waals surface area (Å²) in [5.41, 5.74) is 15.7. The Morgan fingerprint density at radius 3 is 1.93 bits per heavy atom. The Labute approximate surface area is 95.7 Å². The number of rotatable bonds is 2. The van der Waals surface area contributed by atoms with Crippen molar-refractivity contribution in [3.05, 3.63) is 5.82 Å². The number of nitrogens with two attached hydrogens (primary N) is 3. The number of halogens is 2. The summed E-state index contributed by atoms with van der Waals surface area (Å²) in [6.45, 7) is 0. The van der Waals surface area contributed by atoms with Crippen molar-refractivity contribution < 1.29 is 4.79 Å². The van der Waals surface area contributed by atoms with Gasteiger partial charge in [-0.3, -0.25) is 4.79 Å². The van der Waals surface area contributed by atoms with Crippen LogP contribution in [0.3, 0.4) is 0 Å². The van der Waals surface area contributed by atoms with Gasteiger partial charge >= 0.3 is 0 Å². The van der Waals surface area contributed by atoms with E-state index in [0.29, 0.717) is 0 Å². The molecule has 0 aliphatic heterocycles. The minimum atomic E-state index is -1.38. The van der Waals surface area contributed by atoms with Crippen LogP contribution in [0.1, 0.15) is 5.82 Å². The van der Waals surface area contributed by atoms with Gasteiger partial charge in [0.1, 0.15) is 0 Å². The zero-order valence-corrected chi connectivity index (χ0v) is 9.91. The number of anilines is 2. The van der Waals surface area contributed by atoms with Crippen LogP contribution in [0.4, 0.5) is 11.9 Å². The predicted octanol–water partition coefficient (Wildman–Crippen LogP) is -0.536. The van der Waals surface area contributed by atoms with Crippen molar-refractivity contribution in [2.24, 2.45) is 5.73 Å². The molecule has 9 heteroatoms. The lowest BCUT2D eigenvalue weighted by atomic mass is 10.4. The molecular formula is C5H6Br2N6O. The number of primary amides is 1. The van der Waals surface area contributed by atoms with Crippen LogP contribution in [0.2, 0.25) is 0 Å². The SMILES string of the molecule is NC(=O)C(Br)(Br)c1nc(N)nc(N)n1. The molecule has 1 aromatic rings. The molecule has 1 amide bonds. The maximum Gasteiger partial charge on any atom is 0.253 e. The van der Waals surface area contributed by atoms with Gasteiger partial charge in [0.25, 0.3) is 5.91 Å². The molecule has 0 aliphatic rings. The second-order valence-electron chi connectivity index (χ2n) is 2.31. The summed E-state index contributed by atoms with van der Waals surface area (Å²) in [6.07, 6.45) is 0. The summed E-state index contributed by atoms with van der Waals surface area (Å²) in [6, 6.07) is 0. The molecule has 6 N–H and O–H groups in total. The minimum Gasteiger partial charge on any atom is -0.368 e. The molecule has 0 unspecified atom stereocenters. The molecule has 0 radical (unpaired) electrons. The highest BCUT2D eigenvalue weighted by Crippen LogP contribution is 2.35. The number of alkyl halides is 2. The van der Waals surface area contributed by atoms with Crippen LogP contribution >= 0.6 is 31.9 Å². The lowest BCUT2D eigenvalue weighted by Gasteiger charge is -2.14. The molecule has 0 fully saturated rings. The Bertz CT molecular complexity index is 360.